The third-order valence-corrected chi connectivity index (χ3v) is 3.56. The fourth-order valence-electron chi connectivity index (χ4n) is 2.54. The quantitative estimate of drug-likeness (QED) is 0.793. The first-order chi connectivity index (χ1) is 10.7. The molecule has 0 saturated heterocycles. The van der Waals surface area contributed by atoms with Crippen LogP contribution in [-0.2, 0) is 4.74 Å². The molecule has 0 spiro atoms. The lowest BCUT2D eigenvalue weighted by molar-refractivity contribution is 0.0527. The van der Waals surface area contributed by atoms with E-state index in [0.717, 1.165) is 24.2 Å². The Morgan fingerprint density at radius 2 is 2.05 bits per heavy atom. The molecule has 0 radical (unpaired) electrons. The zero-order chi connectivity index (χ0) is 16.1. The number of carbonyl (C=O) groups is 1. The number of nitriles is 1. The number of hydrogen-bond donors (Lipinski definition) is 0. The maximum absolute atomic E-state index is 12.2. The van der Waals surface area contributed by atoms with Crippen molar-refractivity contribution in [1.29, 1.82) is 5.26 Å². The van der Waals surface area contributed by atoms with Gasteiger partial charge in [0.25, 0.3) is 0 Å². The second kappa shape index (κ2) is 6.90. The van der Waals surface area contributed by atoms with Crippen LogP contribution >= 0.6 is 0 Å². The van der Waals surface area contributed by atoms with Gasteiger partial charge in [-0.3, -0.25) is 4.98 Å². The molecule has 0 aliphatic heterocycles. The summed E-state index contributed by atoms with van der Waals surface area (Å²) in [6, 6.07) is 7.57. The SMILES string of the molecule is CCOC(=O)c1cnc2c(C#N)cccc2c1N(CC)CC. The number of fused-ring (bicyclic) bond motifs is 1. The summed E-state index contributed by atoms with van der Waals surface area (Å²) in [6.07, 6.45) is 1.51. The largest absolute Gasteiger partial charge is 0.462 e. The first kappa shape index (κ1) is 15.8. The number of aromatic nitrogens is 1. The van der Waals surface area contributed by atoms with Gasteiger partial charge in [-0.15, -0.1) is 0 Å². The van der Waals surface area contributed by atoms with Gasteiger partial charge in [-0.25, -0.2) is 4.79 Å². The highest BCUT2D eigenvalue weighted by atomic mass is 16.5. The standard InChI is InChI=1S/C17H19N3O2/c1-4-20(5-2)16-13-9-7-8-12(10-18)15(13)19-11-14(16)17(21)22-6-3/h7-9,11H,4-6H2,1-3H3. The van der Waals surface area contributed by atoms with Crippen molar-refractivity contribution in [3.05, 3.63) is 35.5 Å². The van der Waals surface area contributed by atoms with E-state index < -0.39 is 0 Å². The minimum Gasteiger partial charge on any atom is -0.462 e. The van der Waals surface area contributed by atoms with Crippen LogP contribution in [0.25, 0.3) is 10.9 Å². The Hall–Kier alpha value is -2.61. The Balaban J connectivity index is 2.79. The monoisotopic (exact) mass is 297 g/mol. The molecule has 0 aliphatic rings. The highest BCUT2D eigenvalue weighted by Gasteiger charge is 2.21. The number of esters is 1. The van der Waals surface area contributed by atoms with E-state index in [9.17, 15) is 10.1 Å². The fraction of sp³-hybridized carbons (Fsp3) is 0.353. The normalized spacial score (nSPS) is 10.3. The molecule has 0 aliphatic carbocycles. The van der Waals surface area contributed by atoms with Crippen LogP contribution in [0.1, 0.15) is 36.7 Å². The molecular formula is C17H19N3O2. The van der Waals surface area contributed by atoms with E-state index in [4.69, 9.17) is 4.74 Å². The third kappa shape index (κ3) is 2.73. The van der Waals surface area contributed by atoms with E-state index in [1.165, 1.54) is 6.20 Å². The van der Waals surface area contributed by atoms with Crippen molar-refractivity contribution in [2.45, 2.75) is 20.8 Å². The predicted octanol–water partition coefficient (Wildman–Crippen LogP) is 3.13. The molecule has 0 N–H and O–H groups in total. The maximum atomic E-state index is 12.2. The van der Waals surface area contributed by atoms with Gasteiger partial charge in [-0.1, -0.05) is 12.1 Å². The highest BCUT2D eigenvalue weighted by molar-refractivity contribution is 6.06. The molecule has 1 aromatic carbocycles. The summed E-state index contributed by atoms with van der Waals surface area (Å²) in [7, 11) is 0. The van der Waals surface area contributed by atoms with E-state index in [-0.39, 0.29) is 5.97 Å². The molecule has 5 nitrogen and oxygen atoms in total. The summed E-state index contributed by atoms with van der Waals surface area (Å²) in [4.78, 5) is 18.6. The number of nitrogens with zero attached hydrogens (tertiary/aromatic N) is 3. The highest BCUT2D eigenvalue weighted by Crippen LogP contribution is 2.31. The molecule has 0 atom stereocenters. The first-order valence-corrected chi connectivity index (χ1v) is 7.41. The van der Waals surface area contributed by atoms with Gasteiger partial charge in [0.05, 0.1) is 23.4 Å². The lowest BCUT2D eigenvalue weighted by Gasteiger charge is -2.25. The minimum absolute atomic E-state index is 0.312. The summed E-state index contributed by atoms with van der Waals surface area (Å²) in [6.45, 7) is 7.64. The summed E-state index contributed by atoms with van der Waals surface area (Å²) in [5.41, 5.74) is 2.33. The van der Waals surface area contributed by atoms with Crippen LogP contribution in [0.5, 0.6) is 0 Å². The van der Waals surface area contributed by atoms with Crippen molar-refractivity contribution in [3.63, 3.8) is 0 Å². The number of ether oxygens (including phenoxy) is 1. The van der Waals surface area contributed by atoms with Crippen LogP contribution < -0.4 is 4.90 Å². The van der Waals surface area contributed by atoms with E-state index in [1.807, 2.05) is 26.0 Å². The lowest BCUT2D eigenvalue weighted by Crippen LogP contribution is -2.25. The molecule has 0 saturated carbocycles. The van der Waals surface area contributed by atoms with E-state index in [0.29, 0.717) is 23.3 Å². The molecule has 0 unspecified atom stereocenters. The smallest absolute Gasteiger partial charge is 0.341 e. The van der Waals surface area contributed by atoms with Crippen LogP contribution in [0.3, 0.4) is 0 Å². The van der Waals surface area contributed by atoms with Gasteiger partial charge in [-0.2, -0.15) is 5.26 Å². The number of rotatable bonds is 5. The number of anilines is 1. The van der Waals surface area contributed by atoms with Crippen LogP contribution in [0.2, 0.25) is 0 Å². The number of pyridine rings is 1. The summed E-state index contributed by atoms with van der Waals surface area (Å²) < 4.78 is 5.14. The summed E-state index contributed by atoms with van der Waals surface area (Å²) >= 11 is 0. The van der Waals surface area contributed by atoms with E-state index in [1.54, 1.807) is 13.0 Å². The molecule has 0 fully saturated rings. The Labute approximate surface area is 130 Å². The van der Waals surface area contributed by atoms with Crippen molar-refractivity contribution in [2.75, 3.05) is 24.6 Å². The van der Waals surface area contributed by atoms with Gasteiger partial charge in [0.15, 0.2) is 0 Å². The van der Waals surface area contributed by atoms with E-state index >= 15 is 0 Å². The average Bonchev–Trinajstić information content (AvgIpc) is 2.55. The average molecular weight is 297 g/mol. The second-order valence-electron chi connectivity index (χ2n) is 4.73. The van der Waals surface area contributed by atoms with Gasteiger partial charge >= 0.3 is 5.97 Å². The number of carbonyl (C=O) groups excluding carboxylic acids is 1. The molecule has 0 amide bonds. The van der Waals surface area contributed by atoms with E-state index in [2.05, 4.69) is 16.0 Å². The van der Waals surface area contributed by atoms with Gasteiger partial charge in [0, 0.05) is 24.7 Å². The molecule has 5 heteroatoms. The van der Waals surface area contributed by atoms with Crippen molar-refractivity contribution in [2.24, 2.45) is 0 Å². The Bertz CT molecular complexity index is 730. The van der Waals surface area contributed by atoms with Crippen LogP contribution in [0.15, 0.2) is 24.4 Å². The Morgan fingerprint density at radius 3 is 2.64 bits per heavy atom. The number of hydrogen-bond acceptors (Lipinski definition) is 5. The predicted molar refractivity (Wildman–Crippen MR) is 86.0 cm³/mol. The number of benzene rings is 1. The van der Waals surface area contributed by atoms with Gasteiger partial charge in [0.2, 0.25) is 0 Å². The summed E-state index contributed by atoms with van der Waals surface area (Å²) in [5.74, 6) is -0.388. The second-order valence-corrected chi connectivity index (χ2v) is 4.73. The van der Waals surface area contributed by atoms with Crippen LogP contribution in [0, 0.1) is 11.3 Å². The first-order valence-electron chi connectivity index (χ1n) is 7.41. The molecule has 1 aromatic heterocycles. The van der Waals surface area contributed by atoms with Gasteiger partial charge < -0.3 is 9.64 Å². The molecular weight excluding hydrogens is 278 g/mol. The molecule has 22 heavy (non-hydrogen) atoms. The van der Waals surface area contributed by atoms with Crippen molar-refractivity contribution < 1.29 is 9.53 Å². The molecule has 2 aromatic rings. The van der Waals surface area contributed by atoms with Crippen molar-refractivity contribution in [3.8, 4) is 6.07 Å². The van der Waals surface area contributed by atoms with Crippen molar-refractivity contribution >= 4 is 22.6 Å². The topological polar surface area (TPSA) is 66.2 Å². The fourth-order valence-corrected chi connectivity index (χ4v) is 2.54. The third-order valence-electron chi connectivity index (χ3n) is 3.56. The van der Waals surface area contributed by atoms with Crippen LogP contribution in [0.4, 0.5) is 5.69 Å². The molecule has 114 valence electrons. The Morgan fingerprint density at radius 1 is 1.32 bits per heavy atom. The zero-order valence-electron chi connectivity index (χ0n) is 13.1. The number of para-hydroxylation sites is 1. The maximum Gasteiger partial charge on any atom is 0.341 e. The van der Waals surface area contributed by atoms with Gasteiger partial charge in [-0.05, 0) is 26.8 Å². The summed E-state index contributed by atoms with van der Waals surface area (Å²) in [5, 5.41) is 10.0. The van der Waals surface area contributed by atoms with Crippen molar-refractivity contribution in [1.82, 2.24) is 4.98 Å². The Kier molecular flexibility index (Phi) is 4.95. The van der Waals surface area contributed by atoms with Gasteiger partial charge in [0.1, 0.15) is 11.6 Å². The van der Waals surface area contributed by atoms with Crippen LogP contribution in [-0.4, -0.2) is 30.6 Å². The minimum atomic E-state index is -0.388. The lowest BCUT2D eigenvalue weighted by atomic mass is 10.0. The molecule has 2 rings (SSSR count). The zero-order valence-corrected chi connectivity index (χ0v) is 13.1. The molecule has 1 heterocycles. The molecule has 0 bridgehead atoms.